The number of thiazole rings is 1. The van der Waals surface area contributed by atoms with Gasteiger partial charge in [0.1, 0.15) is 16.5 Å². The number of aryl methyl sites for hydroxylation is 1. The highest BCUT2D eigenvalue weighted by molar-refractivity contribution is 7.98. The molecule has 1 fully saturated rings. The van der Waals surface area contributed by atoms with E-state index in [2.05, 4.69) is 15.2 Å². The Morgan fingerprint density at radius 3 is 2.53 bits per heavy atom. The van der Waals surface area contributed by atoms with Crippen molar-refractivity contribution in [3.05, 3.63) is 52.2 Å². The van der Waals surface area contributed by atoms with Crippen molar-refractivity contribution < 1.29 is 14.3 Å². The Balaban J connectivity index is 1.35. The molecule has 0 radical (unpaired) electrons. The summed E-state index contributed by atoms with van der Waals surface area (Å²) in [6.07, 6.45) is -0.328. The average molecular weight is 473 g/mol. The van der Waals surface area contributed by atoms with E-state index in [-0.39, 0.29) is 12.0 Å². The number of hydrogen-bond acceptors (Lipinski definition) is 8. The molecule has 11 heteroatoms. The summed E-state index contributed by atoms with van der Waals surface area (Å²) in [5.74, 6) is 1.31. The highest BCUT2D eigenvalue weighted by Gasteiger charge is 2.26. The van der Waals surface area contributed by atoms with Crippen molar-refractivity contribution in [1.29, 1.82) is 0 Å². The van der Waals surface area contributed by atoms with Crippen LogP contribution in [0, 0.1) is 6.92 Å². The van der Waals surface area contributed by atoms with Crippen LogP contribution in [0.2, 0.25) is 0 Å². The minimum Gasteiger partial charge on any atom is -0.450 e. The molecule has 0 spiro atoms. The Hall–Kier alpha value is -2.92. The summed E-state index contributed by atoms with van der Waals surface area (Å²) in [6, 6.07) is 9.97. The van der Waals surface area contributed by atoms with Crippen LogP contribution in [0.5, 0.6) is 0 Å². The number of hydrogen-bond donors (Lipinski definition) is 0. The van der Waals surface area contributed by atoms with Gasteiger partial charge in [0.15, 0.2) is 5.16 Å². The Bertz CT molecular complexity index is 1080. The van der Waals surface area contributed by atoms with E-state index >= 15 is 0 Å². The van der Waals surface area contributed by atoms with Gasteiger partial charge in [0.2, 0.25) is 0 Å². The summed E-state index contributed by atoms with van der Waals surface area (Å²) in [5, 5.41) is 11.9. The standard InChI is InChI=1S/C21H24N6O3S2/c1-3-30-21(29)26-11-9-25(10-12-26)19(28)17-13-31-18(22-17)14-32-20-24-23-15(2)27(20)16-7-5-4-6-8-16/h4-8,13H,3,9-12,14H2,1-2H3. The van der Waals surface area contributed by atoms with Gasteiger partial charge in [-0.25, -0.2) is 9.78 Å². The summed E-state index contributed by atoms with van der Waals surface area (Å²) in [6.45, 7) is 5.92. The van der Waals surface area contributed by atoms with Crippen LogP contribution in [0.3, 0.4) is 0 Å². The Labute approximate surface area is 194 Å². The molecular weight excluding hydrogens is 448 g/mol. The van der Waals surface area contributed by atoms with Gasteiger partial charge in [-0.3, -0.25) is 9.36 Å². The number of carbonyl (C=O) groups excluding carboxylic acids is 2. The van der Waals surface area contributed by atoms with Crippen molar-refractivity contribution in [3.8, 4) is 5.69 Å². The third-order valence-electron chi connectivity index (χ3n) is 5.00. The first-order chi connectivity index (χ1) is 15.6. The first kappa shape index (κ1) is 22.3. The van der Waals surface area contributed by atoms with Crippen LogP contribution in [0.1, 0.15) is 28.2 Å². The van der Waals surface area contributed by atoms with Crippen LogP contribution in [0.15, 0.2) is 40.9 Å². The molecule has 4 rings (SSSR count). The molecule has 168 valence electrons. The number of rotatable bonds is 6. The molecule has 1 aromatic carbocycles. The maximum absolute atomic E-state index is 12.8. The number of benzene rings is 1. The fraction of sp³-hybridized carbons (Fsp3) is 0.381. The summed E-state index contributed by atoms with van der Waals surface area (Å²) < 4.78 is 7.03. The van der Waals surface area contributed by atoms with Gasteiger partial charge < -0.3 is 14.5 Å². The SMILES string of the molecule is CCOC(=O)N1CCN(C(=O)c2csc(CSc3nnc(C)n3-c3ccccc3)n2)CC1. The monoisotopic (exact) mass is 472 g/mol. The minimum atomic E-state index is -0.328. The molecule has 0 bridgehead atoms. The number of amides is 2. The van der Waals surface area contributed by atoms with Gasteiger partial charge in [0, 0.05) is 37.2 Å². The number of nitrogens with zero attached hydrogens (tertiary/aromatic N) is 6. The zero-order valence-corrected chi connectivity index (χ0v) is 19.6. The number of aromatic nitrogens is 4. The molecule has 1 aliphatic rings. The van der Waals surface area contributed by atoms with Crippen molar-refractivity contribution >= 4 is 35.1 Å². The third kappa shape index (κ3) is 4.94. The van der Waals surface area contributed by atoms with Crippen molar-refractivity contribution in [2.75, 3.05) is 32.8 Å². The maximum atomic E-state index is 12.8. The topological polar surface area (TPSA) is 93.5 Å². The predicted molar refractivity (Wildman–Crippen MR) is 122 cm³/mol. The largest absolute Gasteiger partial charge is 0.450 e. The fourth-order valence-electron chi connectivity index (χ4n) is 3.38. The van der Waals surface area contributed by atoms with E-state index in [1.165, 1.54) is 23.1 Å². The molecule has 3 heterocycles. The molecule has 9 nitrogen and oxygen atoms in total. The molecule has 0 atom stereocenters. The van der Waals surface area contributed by atoms with Crippen LogP contribution in [0.4, 0.5) is 4.79 Å². The summed E-state index contributed by atoms with van der Waals surface area (Å²) in [5.41, 5.74) is 1.45. The third-order valence-corrected chi connectivity index (χ3v) is 6.97. The fourth-order valence-corrected chi connectivity index (χ4v) is 5.16. The van der Waals surface area contributed by atoms with Crippen molar-refractivity contribution in [2.24, 2.45) is 0 Å². The van der Waals surface area contributed by atoms with Crippen molar-refractivity contribution in [1.82, 2.24) is 29.5 Å². The average Bonchev–Trinajstić information content (AvgIpc) is 3.44. The van der Waals surface area contributed by atoms with E-state index in [1.54, 1.807) is 22.1 Å². The van der Waals surface area contributed by atoms with E-state index in [1.807, 2.05) is 41.8 Å². The number of thioether (sulfide) groups is 1. The molecule has 1 saturated heterocycles. The normalized spacial score (nSPS) is 13.9. The minimum absolute atomic E-state index is 0.107. The molecular formula is C21H24N6O3S2. The Morgan fingerprint density at radius 1 is 1.09 bits per heavy atom. The van der Waals surface area contributed by atoms with Gasteiger partial charge in [0.05, 0.1) is 12.4 Å². The van der Waals surface area contributed by atoms with E-state index < -0.39 is 0 Å². The lowest BCUT2D eigenvalue weighted by molar-refractivity contribution is 0.0566. The van der Waals surface area contributed by atoms with Gasteiger partial charge in [-0.15, -0.1) is 21.5 Å². The summed E-state index contributed by atoms with van der Waals surface area (Å²) in [7, 11) is 0. The number of piperazine rings is 1. The molecule has 32 heavy (non-hydrogen) atoms. The second-order valence-electron chi connectivity index (χ2n) is 7.09. The number of carbonyl (C=O) groups is 2. The van der Waals surface area contributed by atoms with Crippen molar-refractivity contribution in [3.63, 3.8) is 0 Å². The van der Waals surface area contributed by atoms with Gasteiger partial charge >= 0.3 is 6.09 Å². The molecule has 0 unspecified atom stereocenters. The van der Waals surface area contributed by atoms with Gasteiger partial charge in [-0.2, -0.15) is 0 Å². The first-order valence-corrected chi connectivity index (χ1v) is 12.2. The van der Waals surface area contributed by atoms with Gasteiger partial charge in [-0.1, -0.05) is 30.0 Å². The zero-order valence-electron chi connectivity index (χ0n) is 17.9. The van der Waals surface area contributed by atoms with Crippen LogP contribution in [-0.2, 0) is 10.5 Å². The molecule has 3 aromatic rings. The number of para-hydroxylation sites is 1. The number of ether oxygens (including phenoxy) is 1. The molecule has 1 aliphatic heterocycles. The quantitative estimate of drug-likeness (QED) is 0.509. The van der Waals surface area contributed by atoms with Gasteiger partial charge in [-0.05, 0) is 26.0 Å². The van der Waals surface area contributed by atoms with E-state index in [4.69, 9.17) is 4.74 Å². The Kier molecular flexibility index (Phi) is 7.05. The maximum Gasteiger partial charge on any atom is 0.409 e. The van der Waals surface area contributed by atoms with Gasteiger partial charge in [0.25, 0.3) is 5.91 Å². The Morgan fingerprint density at radius 2 is 1.81 bits per heavy atom. The van der Waals surface area contributed by atoms with Crippen LogP contribution in [-0.4, -0.2) is 74.3 Å². The highest BCUT2D eigenvalue weighted by atomic mass is 32.2. The first-order valence-electron chi connectivity index (χ1n) is 10.3. The lowest BCUT2D eigenvalue weighted by Crippen LogP contribution is -2.50. The molecule has 0 saturated carbocycles. The van der Waals surface area contributed by atoms with Crippen LogP contribution >= 0.6 is 23.1 Å². The van der Waals surface area contributed by atoms with Crippen LogP contribution in [0.25, 0.3) is 5.69 Å². The van der Waals surface area contributed by atoms with Crippen molar-refractivity contribution in [2.45, 2.75) is 24.8 Å². The summed E-state index contributed by atoms with van der Waals surface area (Å²) >= 11 is 3.00. The predicted octanol–water partition coefficient (Wildman–Crippen LogP) is 3.24. The summed E-state index contributed by atoms with van der Waals surface area (Å²) in [4.78, 5) is 32.6. The zero-order chi connectivity index (χ0) is 22.5. The molecule has 2 aromatic heterocycles. The highest BCUT2D eigenvalue weighted by Crippen LogP contribution is 2.26. The smallest absolute Gasteiger partial charge is 0.409 e. The second-order valence-corrected chi connectivity index (χ2v) is 8.98. The van der Waals surface area contributed by atoms with E-state index in [0.717, 1.165) is 21.7 Å². The van der Waals surface area contributed by atoms with E-state index in [9.17, 15) is 9.59 Å². The second kappa shape index (κ2) is 10.1. The van der Waals surface area contributed by atoms with Crippen LogP contribution < -0.4 is 0 Å². The lowest BCUT2D eigenvalue weighted by atomic mass is 10.3. The molecule has 0 N–H and O–H groups in total. The van der Waals surface area contributed by atoms with E-state index in [0.29, 0.717) is 44.2 Å². The molecule has 0 aliphatic carbocycles. The molecule has 2 amide bonds. The lowest BCUT2D eigenvalue weighted by Gasteiger charge is -2.33.